The van der Waals surface area contributed by atoms with E-state index in [1.54, 1.807) is 68.6 Å². The number of sulfonamides is 1. The Bertz CT molecular complexity index is 1990. The van der Waals surface area contributed by atoms with Gasteiger partial charge >= 0.3 is 5.97 Å². The number of hydrogen-bond acceptors (Lipinski definition) is 6. The smallest absolute Gasteiger partial charge is 0.338 e. The van der Waals surface area contributed by atoms with Crippen molar-refractivity contribution in [3.05, 3.63) is 135 Å². The average Bonchev–Trinajstić information content (AvgIpc) is 3.23. The Morgan fingerprint density at radius 1 is 0.837 bits per heavy atom. The number of carbonyl (C=O) groups is 2. The number of esters is 1. The van der Waals surface area contributed by atoms with E-state index in [2.05, 4.69) is 4.72 Å². The van der Waals surface area contributed by atoms with Crippen LogP contribution < -0.4 is 10.3 Å². The first kappa shape index (κ1) is 29.6. The highest BCUT2D eigenvalue weighted by Crippen LogP contribution is 2.26. The van der Waals surface area contributed by atoms with E-state index in [1.165, 1.54) is 21.5 Å². The number of anilines is 1. The molecule has 0 unspecified atom stereocenters. The van der Waals surface area contributed by atoms with Crippen molar-refractivity contribution in [3.8, 4) is 16.8 Å². The van der Waals surface area contributed by atoms with E-state index >= 15 is 0 Å². The van der Waals surface area contributed by atoms with E-state index in [1.807, 2.05) is 30.3 Å². The second-order valence-corrected chi connectivity index (χ2v) is 11.7. The van der Waals surface area contributed by atoms with Crippen LogP contribution in [0.2, 0.25) is 5.02 Å². The Morgan fingerprint density at radius 3 is 2.07 bits per heavy atom. The molecule has 218 valence electrons. The molecule has 0 saturated heterocycles. The molecule has 9 nitrogen and oxygen atoms in total. The molecule has 4 aromatic carbocycles. The number of para-hydroxylation sites is 1. The lowest BCUT2D eigenvalue weighted by Crippen LogP contribution is -2.23. The second kappa shape index (κ2) is 12.1. The molecular weight excluding hydrogens is 590 g/mol. The van der Waals surface area contributed by atoms with Crippen LogP contribution in [0.3, 0.4) is 0 Å². The Hall–Kier alpha value is -4.93. The molecule has 5 aromatic rings. The van der Waals surface area contributed by atoms with Gasteiger partial charge in [0.2, 0.25) is 0 Å². The van der Waals surface area contributed by atoms with Crippen LogP contribution in [-0.4, -0.2) is 36.1 Å². The largest absolute Gasteiger partial charge is 0.454 e. The first-order valence-corrected chi connectivity index (χ1v) is 14.9. The van der Waals surface area contributed by atoms with Crippen LogP contribution in [0.15, 0.2) is 113 Å². The molecule has 5 rings (SSSR count). The van der Waals surface area contributed by atoms with Crippen LogP contribution in [0.4, 0.5) is 5.69 Å². The van der Waals surface area contributed by atoms with Crippen molar-refractivity contribution < 1.29 is 22.7 Å². The molecule has 43 heavy (non-hydrogen) atoms. The SMILES string of the molecule is Cc1c(NS(=O)(=O)c2cc(C(=O)OCC(=O)c3ccc(-c4ccccc4)cc3)ccc2Cl)c(=O)n(-c2ccccc2)n1C. The van der Waals surface area contributed by atoms with Crippen molar-refractivity contribution >= 4 is 39.1 Å². The standard InChI is InChI=1S/C32H26ClN3O6S/c1-21-30(31(38)36(35(21)2)26-11-7-4-8-12-26)34-43(40,41)29-19-25(17-18-27(29)33)32(39)42-20-28(37)24-15-13-23(14-16-24)22-9-5-3-6-10-22/h3-19,34H,20H2,1-2H3. The third kappa shape index (κ3) is 6.15. The molecule has 0 amide bonds. The van der Waals surface area contributed by atoms with E-state index in [9.17, 15) is 22.8 Å². The Balaban J connectivity index is 1.32. The molecule has 0 aliphatic heterocycles. The van der Waals surface area contributed by atoms with Crippen molar-refractivity contribution in [1.29, 1.82) is 0 Å². The number of carbonyl (C=O) groups excluding carboxylic acids is 2. The van der Waals surface area contributed by atoms with E-state index < -0.39 is 38.8 Å². The summed E-state index contributed by atoms with van der Waals surface area (Å²) in [6.07, 6.45) is 0. The molecule has 0 atom stereocenters. The van der Waals surface area contributed by atoms with Gasteiger partial charge in [-0.1, -0.05) is 84.4 Å². The molecule has 0 aliphatic rings. The number of benzene rings is 4. The van der Waals surface area contributed by atoms with Crippen LogP contribution in [0.25, 0.3) is 16.8 Å². The van der Waals surface area contributed by atoms with E-state index in [-0.39, 0.29) is 16.3 Å². The first-order chi connectivity index (χ1) is 20.6. The summed E-state index contributed by atoms with van der Waals surface area (Å²) in [5.41, 5.74) is 2.31. The number of aromatic nitrogens is 2. The number of ketones is 1. The van der Waals surface area contributed by atoms with Gasteiger partial charge in [-0.25, -0.2) is 17.9 Å². The Labute approximate surface area is 253 Å². The second-order valence-electron chi connectivity index (χ2n) is 9.63. The predicted octanol–water partition coefficient (Wildman–Crippen LogP) is 5.65. The van der Waals surface area contributed by atoms with Gasteiger partial charge < -0.3 is 4.74 Å². The molecule has 0 radical (unpaired) electrons. The molecule has 0 saturated carbocycles. The van der Waals surface area contributed by atoms with Crippen LogP contribution in [0, 0.1) is 6.92 Å². The number of hydrogen-bond donors (Lipinski definition) is 1. The third-order valence-electron chi connectivity index (χ3n) is 6.90. The summed E-state index contributed by atoms with van der Waals surface area (Å²) in [5.74, 6) is -1.34. The first-order valence-electron chi connectivity index (χ1n) is 13.1. The van der Waals surface area contributed by atoms with Crippen molar-refractivity contribution in [2.24, 2.45) is 7.05 Å². The maximum absolute atomic E-state index is 13.4. The maximum Gasteiger partial charge on any atom is 0.338 e. The summed E-state index contributed by atoms with van der Waals surface area (Å²) in [4.78, 5) is 38.2. The van der Waals surface area contributed by atoms with Crippen LogP contribution >= 0.6 is 11.6 Å². The number of nitrogens with one attached hydrogen (secondary N) is 1. The topological polar surface area (TPSA) is 116 Å². The quantitative estimate of drug-likeness (QED) is 0.169. The monoisotopic (exact) mass is 615 g/mol. The summed E-state index contributed by atoms with van der Waals surface area (Å²) in [7, 11) is -2.79. The minimum Gasteiger partial charge on any atom is -0.454 e. The fourth-order valence-corrected chi connectivity index (χ4v) is 6.13. The molecule has 1 aromatic heterocycles. The molecule has 0 bridgehead atoms. The van der Waals surface area contributed by atoms with Gasteiger partial charge in [-0.05, 0) is 48.4 Å². The van der Waals surface area contributed by atoms with E-state index in [4.69, 9.17) is 16.3 Å². The molecular formula is C32H26ClN3O6S. The lowest BCUT2D eigenvalue weighted by atomic mass is 10.0. The number of nitrogens with zero attached hydrogens (tertiary/aromatic N) is 2. The molecule has 11 heteroatoms. The zero-order chi connectivity index (χ0) is 30.7. The van der Waals surface area contributed by atoms with Gasteiger partial charge in [0.05, 0.1) is 22.0 Å². The minimum atomic E-state index is -4.42. The van der Waals surface area contributed by atoms with Gasteiger partial charge in [0.25, 0.3) is 15.6 Å². The van der Waals surface area contributed by atoms with Crippen molar-refractivity contribution in [3.63, 3.8) is 0 Å². The van der Waals surface area contributed by atoms with Crippen molar-refractivity contribution in [1.82, 2.24) is 9.36 Å². The fourth-order valence-electron chi connectivity index (χ4n) is 4.49. The number of ether oxygens (including phenoxy) is 1. The Morgan fingerprint density at radius 2 is 1.42 bits per heavy atom. The van der Waals surface area contributed by atoms with E-state index in [0.717, 1.165) is 17.2 Å². The summed E-state index contributed by atoms with van der Waals surface area (Å²) >= 11 is 6.21. The zero-order valence-electron chi connectivity index (χ0n) is 23.2. The lowest BCUT2D eigenvalue weighted by Gasteiger charge is -2.11. The van der Waals surface area contributed by atoms with Gasteiger partial charge in [0.1, 0.15) is 10.6 Å². The summed E-state index contributed by atoms with van der Waals surface area (Å²) in [6, 6.07) is 28.9. The Kier molecular flexibility index (Phi) is 8.33. The zero-order valence-corrected chi connectivity index (χ0v) is 24.7. The normalized spacial score (nSPS) is 11.2. The van der Waals surface area contributed by atoms with Crippen LogP contribution in [0.1, 0.15) is 26.4 Å². The molecule has 0 spiro atoms. The summed E-state index contributed by atoms with van der Waals surface area (Å²) < 4.78 is 37.1. The van der Waals surface area contributed by atoms with Gasteiger partial charge in [0.15, 0.2) is 12.4 Å². The number of halogens is 1. The highest BCUT2D eigenvalue weighted by Gasteiger charge is 2.26. The van der Waals surface area contributed by atoms with Crippen molar-refractivity contribution in [2.75, 3.05) is 11.3 Å². The predicted molar refractivity (Wildman–Crippen MR) is 164 cm³/mol. The summed E-state index contributed by atoms with van der Waals surface area (Å²) in [6.45, 7) is 1.05. The van der Waals surface area contributed by atoms with Gasteiger partial charge in [-0.15, -0.1) is 0 Å². The minimum absolute atomic E-state index is 0.136. The molecule has 0 aliphatic carbocycles. The van der Waals surface area contributed by atoms with E-state index in [0.29, 0.717) is 16.9 Å². The third-order valence-corrected chi connectivity index (χ3v) is 8.73. The van der Waals surface area contributed by atoms with Crippen molar-refractivity contribution in [2.45, 2.75) is 11.8 Å². The number of Topliss-reactive ketones (excluding diaryl/α,β-unsaturated/α-hetero) is 1. The fraction of sp³-hybridized carbons (Fsp3) is 0.0938. The maximum atomic E-state index is 13.4. The highest BCUT2D eigenvalue weighted by molar-refractivity contribution is 7.92. The van der Waals surface area contributed by atoms with Crippen LogP contribution in [0.5, 0.6) is 0 Å². The lowest BCUT2D eigenvalue weighted by molar-refractivity contribution is 0.0474. The molecule has 0 fully saturated rings. The van der Waals surface area contributed by atoms with Gasteiger partial charge in [-0.3, -0.25) is 19.0 Å². The number of rotatable bonds is 9. The average molecular weight is 616 g/mol. The summed E-state index contributed by atoms with van der Waals surface area (Å²) in [5, 5.41) is -0.171. The van der Waals surface area contributed by atoms with Gasteiger partial charge in [-0.2, -0.15) is 0 Å². The molecule has 1 N–H and O–H groups in total. The molecule has 1 heterocycles. The van der Waals surface area contributed by atoms with Gasteiger partial charge in [0, 0.05) is 12.6 Å². The highest BCUT2D eigenvalue weighted by atomic mass is 35.5. The van der Waals surface area contributed by atoms with Crippen LogP contribution in [-0.2, 0) is 21.8 Å².